The molecule has 0 amide bonds. The molecular weight excluding hydrogens is 224 g/mol. The first-order chi connectivity index (χ1) is 8.72. The number of benzene rings is 1. The fraction of sp³-hybridized carbons (Fsp3) is 0.286. The summed E-state index contributed by atoms with van der Waals surface area (Å²) >= 11 is 0. The third-order valence-electron chi connectivity index (χ3n) is 2.28. The largest absolute Gasteiger partial charge is 0.404 e. The van der Waals surface area contributed by atoms with E-state index in [1.165, 1.54) is 12.4 Å². The van der Waals surface area contributed by atoms with Crippen LogP contribution in [0.2, 0.25) is 0 Å². The second kappa shape index (κ2) is 8.82. The molecule has 0 radical (unpaired) electrons. The van der Waals surface area contributed by atoms with Gasteiger partial charge < -0.3 is 16.0 Å². The van der Waals surface area contributed by atoms with Gasteiger partial charge in [0.2, 0.25) is 0 Å². The van der Waals surface area contributed by atoms with Crippen LogP contribution in [0.3, 0.4) is 0 Å². The molecule has 3 N–H and O–H groups in total. The molecule has 1 rings (SSSR count). The number of nitrogens with two attached hydrogens (primary N) is 1. The molecule has 1 aromatic carbocycles. The van der Waals surface area contributed by atoms with Gasteiger partial charge in [-0.3, -0.25) is 0 Å². The molecule has 96 valence electrons. The van der Waals surface area contributed by atoms with Gasteiger partial charge in [0.25, 0.3) is 0 Å². The molecule has 0 aliphatic carbocycles. The molecule has 0 heterocycles. The zero-order valence-corrected chi connectivity index (χ0v) is 11.1. The Hall–Kier alpha value is -2.28. The maximum atomic E-state index is 8.57. The number of nitrogens with zero attached hydrogens (tertiary/aromatic N) is 2. The summed E-state index contributed by atoms with van der Waals surface area (Å²) in [5, 5.41) is 15.7. The van der Waals surface area contributed by atoms with Gasteiger partial charge >= 0.3 is 0 Å². The van der Waals surface area contributed by atoms with E-state index in [1.807, 2.05) is 50.1 Å². The van der Waals surface area contributed by atoms with Crippen molar-refractivity contribution in [3.05, 3.63) is 36.0 Å². The minimum atomic E-state index is 0.351. The lowest BCUT2D eigenvalue weighted by molar-refractivity contribution is 1.04. The van der Waals surface area contributed by atoms with Crippen molar-refractivity contribution in [1.29, 1.82) is 10.7 Å². The molecule has 0 saturated carbocycles. The highest BCUT2D eigenvalue weighted by molar-refractivity contribution is 6.08. The number of nitrogens with one attached hydrogen (secondary N) is 1. The molecule has 0 bridgehead atoms. The Morgan fingerprint density at radius 1 is 1.39 bits per heavy atom. The number of rotatable bonds is 4. The van der Waals surface area contributed by atoms with E-state index < -0.39 is 0 Å². The first-order valence-corrected chi connectivity index (χ1v) is 5.83. The van der Waals surface area contributed by atoms with Gasteiger partial charge in [0, 0.05) is 30.7 Å². The average molecular weight is 244 g/mol. The Morgan fingerprint density at radius 3 is 2.33 bits per heavy atom. The first-order valence-electron chi connectivity index (χ1n) is 5.83. The molecule has 0 aromatic heterocycles. The molecule has 0 unspecified atom stereocenters. The highest BCUT2D eigenvalue weighted by Crippen LogP contribution is 2.17. The Bertz CT molecular complexity index is 426. The van der Waals surface area contributed by atoms with Crippen LogP contribution in [0.4, 0.5) is 5.69 Å². The summed E-state index contributed by atoms with van der Waals surface area (Å²) < 4.78 is 0. The summed E-state index contributed by atoms with van der Waals surface area (Å²) in [5.74, 6) is 0. The van der Waals surface area contributed by atoms with Crippen LogP contribution in [0.1, 0.15) is 19.4 Å². The lowest BCUT2D eigenvalue weighted by Gasteiger charge is -2.15. The van der Waals surface area contributed by atoms with Gasteiger partial charge in [0.15, 0.2) is 0 Å². The number of nitriles is 1. The van der Waals surface area contributed by atoms with Crippen molar-refractivity contribution in [1.82, 2.24) is 0 Å². The molecule has 4 heteroatoms. The number of anilines is 1. The topological polar surface area (TPSA) is 76.9 Å². The van der Waals surface area contributed by atoms with Crippen molar-refractivity contribution in [2.45, 2.75) is 13.8 Å². The summed E-state index contributed by atoms with van der Waals surface area (Å²) in [6, 6.07) is 9.65. The molecule has 18 heavy (non-hydrogen) atoms. The van der Waals surface area contributed by atoms with Gasteiger partial charge in [-0.1, -0.05) is 26.0 Å². The van der Waals surface area contributed by atoms with Gasteiger partial charge in [0.05, 0.1) is 6.07 Å². The van der Waals surface area contributed by atoms with Crippen molar-refractivity contribution >= 4 is 17.5 Å². The van der Waals surface area contributed by atoms with E-state index in [4.69, 9.17) is 16.4 Å². The predicted molar refractivity (Wildman–Crippen MR) is 77.6 cm³/mol. The monoisotopic (exact) mass is 244 g/mol. The molecule has 0 fully saturated rings. The van der Waals surface area contributed by atoms with E-state index in [0.29, 0.717) is 12.1 Å². The zero-order chi connectivity index (χ0) is 14.0. The standard InChI is InChI=1S/C12H14N4.C2H6/c1-16(7-6-13)12-4-2-10(3-5-12)11(8-14)9-15;1-2/h2-5,8-9,14H,7,15H2,1H3;1-2H3/b11-9+,14-8?;. The zero-order valence-electron chi connectivity index (χ0n) is 11.1. The van der Waals surface area contributed by atoms with Crippen LogP contribution in [0.15, 0.2) is 30.5 Å². The van der Waals surface area contributed by atoms with Gasteiger partial charge in [-0.25, -0.2) is 0 Å². The van der Waals surface area contributed by atoms with E-state index in [0.717, 1.165) is 11.3 Å². The normalized spacial score (nSPS) is 9.78. The van der Waals surface area contributed by atoms with Crippen molar-refractivity contribution in [3.8, 4) is 6.07 Å². The molecule has 0 aliphatic heterocycles. The Labute approximate surface area is 109 Å². The molecule has 0 atom stereocenters. The summed E-state index contributed by atoms with van der Waals surface area (Å²) in [5.41, 5.74) is 7.93. The first kappa shape index (κ1) is 15.7. The average Bonchev–Trinajstić information content (AvgIpc) is 2.43. The van der Waals surface area contributed by atoms with Crippen LogP contribution >= 0.6 is 0 Å². The van der Waals surface area contributed by atoms with Crippen molar-refractivity contribution in [2.24, 2.45) is 5.73 Å². The van der Waals surface area contributed by atoms with Crippen LogP contribution in [0, 0.1) is 16.7 Å². The molecule has 1 aromatic rings. The van der Waals surface area contributed by atoms with E-state index >= 15 is 0 Å². The number of hydrogen-bond acceptors (Lipinski definition) is 4. The van der Waals surface area contributed by atoms with E-state index in [9.17, 15) is 0 Å². The summed E-state index contributed by atoms with van der Waals surface area (Å²) in [7, 11) is 1.86. The van der Waals surface area contributed by atoms with Crippen LogP contribution in [0.5, 0.6) is 0 Å². The van der Waals surface area contributed by atoms with Crippen LogP contribution in [0.25, 0.3) is 5.57 Å². The minimum absolute atomic E-state index is 0.351. The Morgan fingerprint density at radius 2 is 1.94 bits per heavy atom. The van der Waals surface area contributed by atoms with Crippen LogP contribution in [-0.4, -0.2) is 19.8 Å². The molecule has 0 spiro atoms. The molecule has 0 aliphatic rings. The van der Waals surface area contributed by atoms with Gasteiger partial charge in [-0.15, -0.1) is 0 Å². The third-order valence-corrected chi connectivity index (χ3v) is 2.28. The summed E-state index contributed by atoms with van der Waals surface area (Å²) in [4.78, 5) is 1.85. The van der Waals surface area contributed by atoms with E-state index in [1.54, 1.807) is 0 Å². The molecular formula is C14H20N4. The van der Waals surface area contributed by atoms with Crippen molar-refractivity contribution < 1.29 is 0 Å². The lowest BCUT2D eigenvalue weighted by atomic mass is 10.1. The van der Waals surface area contributed by atoms with Crippen molar-refractivity contribution in [2.75, 3.05) is 18.5 Å². The van der Waals surface area contributed by atoms with Gasteiger partial charge in [-0.2, -0.15) is 5.26 Å². The molecule has 0 saturated heterocycles. The molecule has 4 nitrogen and oxygen atoms in total. The van der Waals surface area contributed by atoms with Gasteiger partial charge in [0.1, 0.15) is 6.54 Å². The maximum Gasteiger partial charge on any atom is 0.105 e. The predicted octanol–water partition coefficient (Wildman–Crippen LogP) is 2.62. The van der Waals surface area contributed by atoms with Crippen LogP contribution < -0.4 is 10.6 Å². The fourth-order valence-electron chi connectivity index (χ4n) is 1.33. The summed E-state index contributed by atoms with van der Waals surface area (Å²) in [6.07, 6.45) is 2.62. The maximum absolute atomic E-state index is 8.57. The van der Waals surface area contributed by atoms with Gasteiger partial charge in [-0.05, 0) is 17.7 Å². The number of allylic oxidation sites excluding steroid dienone is 1. The summed E-state index contributed by atoms with van der Waals surface area (Å²) in [6.45, 7) is 4.35. The minimum Gasteiger partial charge on any atom is -0.404 e. The third kappa shape index (κ3) is 4.30. The SMILES string of the molecule is CC.CN(CC#N)c1ccc(/C(C=N)=C/N)cc1. The van der Waals surface area contributed by atoms with E-state index in [2.05, 4.69) is 6.07 Å². The highest BCUT2D eigenvalue weighted by atomic mass is 15.1. The highest BCUT2D eigenvalue weighted by Gasteiger charge is 2.01. The van der Waals surface area contributed by atoms with E-state index in [-0.39, 0.29) is 0 Å². The second-order valence-electron chi connectivity index (χ2n) is 3.33. The smallest absolute Gasteiger partial charge is 0.105 e. The Kier molecular flexibility index (Phi) is 7.71. The second-order valence-corrected chi connectivity index (χ2v) is 3.33. The lowest BCUT2D eigenvalue weighted by Crippen LogP contribution is -2.16. The Balaban J connectivity index is 0.00000137. The number of hydrogen-bond donors (Lipinski definition) is 2. The fourth-order valence-corrected chi connectivity index (χ4v) is 1.33. The van der Waals surface area contributed by atoms with Crippen LogP contribution in [-0.2, 0) is 0 Å². The quantitative estimate of drug-likeness (QED) is 0.631. The van der Waals surface area contributed by atoms with Crippen molar-refractivity contribution in [3.63, 3.8) is 0 Å².